The third-order valence-corrected chi connectivity index (χ3v) is 4.94. The molecule has 0 aliphatic carbocycles. The number of carbonyl (C=O) groups excluding carboxylic acids is 1. The van der Waals surface area contributed by atoms with E-state index in [1.807, 2.05) is 49.4 Å². The fraction of sp³-hybridized carbons (Fsp3) is 0.130. The van der Waals surface area contributed by atoms with E-state index in [-0.39, 0.29) is 5.91 Å². The van der Waals surface area contributed by atoms with Crippen molar-refractivity contribution in [2.24, 2.45) is 5.10 Å². The monoisotopic (exact) mass is 486 g/mol. The van der Waals surface area contributed by atoms with Crippen molar-refractivity contribution >= 4 is 39.7 Å². The highest BCUT2D eigenvalue weighted by Crippen LogP contribution is 2.26. The minimum Gasteiger partial charge on any atom is -0.494 e. The highest BCUT2D eigenvalue weighted by atomic mass is 79.9. The second-order valence-electron chi connectivity index (χ2n) is 6.26. The lowest BCUT2D eigenvalue weighted by Gasteiger charge is -2.09. The van der Waals surface area contributed by atoms with E-state index in [9.17, 15) is 4.79 Å². The number of nitrogens with one attached hydrogen (secondary N) is 1. The Balaban J connectivity index is 1.54. The van der Waals surface area contributed by atoms with Gasteiger partial charge in [0.2, 0.25) is 0 Å². The highest BCUT2D eigenvalue weighted by molar-refractivity contribution is 9.10. The normalized spacial score (nSPS) is 10.8. The summed E-state index contributed by atoms with van der Waals surface area (Å²) in [5, 5.41) is 4.71. The first-order valence-corrected chi connectivity index (χ1v) is 10.5. The minimum absolute atomic E-state index is 0.295. The first-order chi connectivity index (χ1) is 14.5. The topological polar surface area (TPSA) is 59.9 Å². The lowest BCUT2D eigenvalue weighted by molar-refractivity contribution is 0.0955. The van der Waals surface area contributed by atoms with Crippen LogP contribution in [0.25, 0.3) is 0 Å². The number of hydrogen-bond donors (Lipinski definition) is 1. The fourth-order valence-electron chi connectivity index (χ4n) is 2.56. The van der Waals surface area contributed by atoms with E-state index in [1.54, 1.807) is 30.5 Å². The Bertz CT molecular complexity index is 1020. The zero-order chi connectivity index (χ0) is 21.3. The van der Waals surface area contributed by atoms with Crippen LogP contribution < -0.4 is 14.9 Å². The number of amides is 1. The lowest BCUT2D eigenvalue weighted by Crippen LogP contribution is -2.17. The molecule has 0 unspecified atom stereocenters. The number of benzene rings is 3. The van der Waals surface area contributed by atoms with Crippen LogP contribution in [-0.2, 0) is 6.61 Å². The average Bonchev–Trinajstić information content (AvgIpc) is 2.75. The highest BCUT2D eigenvalue weighted by Gasteiger charge is 2.05. The molecule has 1 amide bonds. The number of halogens is 2. The fourth-order valence-corrected chi connectivity index (χ4v) is 3.19. The molecule has 0 spiro atoms. The van der Waals surface area contributed by atoms with Gasteiger partial charge < -0.3 is 9.47 Å². The summed E-state index contributed by atoms with van der Waals surface area (Å²) >= 11 is 9.40. The van der Waals surface area contributed by atoms with Crippen molar-refractivity contribution in [2.45, 2.75) is 13.5 Å². The molecule has 5 nitrogen and oxygen atoms in total. The Morgan fingerprint density at radius 3 is 2.47 bits per heavy atom. The summed E-state index contributed by atoms with van der Waals surface area (Å²) in [6, 6.07) is 20.0. The zero-order valence-electron chi connectivity index (χ0n) is 16.3. The molecule has 30 heavy (non-hydrogen) atoms. The van der Waals surface area contributed by atoms with Gasteiger partial charge in [-0.15, -0.1) is 0 Å². The van der Waals surface area contributed by atoms with Gasteiger partial charge in [0.05, 0.1) is 17.3 Å². The molecule has 0 fully saturated rings. The molecule has 0 saturated heterocycles. The molecule has 0 saturated carbocycles. The van der Waals surface area contributed by atoms with Gasteiger partial charge in [-0.2, -0.15) is 5.10 Å². The minimum atomic E-state index is -0.295. The van der Waals surface area contributed by atoms with Gasteiger partial charge in [-0.1, -0.05) is 23.7 Å². The summed E-state index contributed by atoms with van der Waals surface area (Å²) < 4.78 is 12.0. The lowest BCUT2D eigenvalue weighted by atomic mass is 10.2. The van der Waals surface area contributed by atoms with E-state index in [4.69, 9.17) is 21.1 Å². The Labute approximate surface area is 188 Å². The zero-order valence-corrected chi connectivity index (χ0v) is 18.6. The van der Waals surface area contributed by atoms with E-state index in [0.29, 0.717) is 29.5 Å². The van der Waals surface area contributed by atoms with Crippen LogP contribution in [0, 0.1) is 0 Å². The molecule has 0 aliphatic rings. The number of hydrazone groups is 1. The van der Waals surface area contributed by atoms with Crippen LogP contribution in [0.3, 0.4) is 0 Å². The second-order valence-corrected chi connectivity index (χ2v) is 7.55. The Morgan fingerprint density at radius 1 is 1.07 bits per heavy atom. The number of rotatable bonds is 8. The van der Waals surface area contributed by atoms with Crippen LogP contribution in [0.5, 0.6) is 11.5 Å². The van der Waals surface area contributed by atoms with Gasteiger partial charge in [-0.25, -0.2) is 5.43 Å². The summed E-state index contributed by atoms with van der Waals surface area (Å²) in [5.74, 6) is 1.14. The van der Waals surface area contributed by atoms with Crippen molar-refractivity contribution in [3.8, 4) is 11.5 Å². The van der Waals surface area contributed by atoms with Gasteiger partial charge in [-0.3, -0.25) is 4.79 Å². The van der Waals surface area contributed by atoms with Gasteiger partial charge in [0.15, 0.2) is 0 Å². The summed E-state index contributed by atoms with van der Waals surface area (Å²) in [6.07, 6.45) is 1.57. The van der Waals surface area contributed by atoms with Crippen molar-refractivity contribution in [3.05, 3.63) is 92.9 Å². The van der Waals surface area contributed by atoms with Crippen LogP contribution in [0.1, 0.15) is 28.4 Å². The molecule has 3 rings (SSSR count). The van der Waals surface area contributed by atoms with Gasteiger partial charge in [0, 0.05) is 10.6 Å². The third-order valence-electron chi connectivity index (χ3n) is 4.07. The molecular weight excluding hydrogens is 468 g/mol. The van der Waals surface area contributed by atoms with Gasteiger partial charge >= 0.3 is 0 Å². The van der Waals surface area contributed by atoms with Crippen LogP contribution in [-0.4, -0.2) is 18.7 Å². The number of ether oxygens (including phenoxy) is 2. The van der Waals surface area contributed by atoms with E-state index >= 15 is 0 Å². The molecule has 0 atom stereocenters. The molecule has 7 heteroatoms. The molecule has 0 heterocycles. The first-order valence-electron chi connectivity index (χ1n) is 9.28. The molecule has 1 N–H and O–H groups in total. The van der Waals surface area contributed by atoms with E-state index in [2.05, 4.69) is 26.5 Å². The predicted molar refractivity (Wildman–Crippen MR) is 123 cm³/mol. The van der Waals surface area contributed by atoms with Gasteiger partial charge in [0.25, 0.3) is 5.91 Å². The standard InChI is InChI=1S/C23H20BrClN2O3/c1-2-29-20-10-6-18(7-11-20)23(28)27-26-14-17-5-12-22(21(24)13-17)30-15-16-3-8-19(25)9-4-16/h3-14H,2,15H2,1H3,(H,27,28)/b26-14-. The maximum absolute atomic E-state index is 12.2. The molecule has 0 aliphatic heterocycles. The maximum atomic E-state index is 12.2. The second kappa shape index (κ2) is 10.8. The van der Waals surface area contributed by atoms with Crippen LogP contribution in [0.15, 0.2) is 76.3 Å². The molecule has 3 aromatic rings. The summed E-state index contributed by atoms with van der Waals surface area (Å²) in [6.45, 7) is 2.92. The van der Waals surface area contributed by atoms with Crippen molar-refractivity contribution in [1.82, 2.24) is 5.43 Å². The summed E-state index contributed by atoms with van der Waals surface area (Å²) in [4.78, 5) is 12.2. The van der Waals surface area contributed by atoms with E-state index in [1.165, 1.54) is 0 Å². The average molecular weight is 488 g/mol. The molecule has 3 aromatic carbocycles. The third kappa shape index (κ3) is 6.34. The van der Waals surface area contributed by atoms with Crippen molar-refractivity contribution in [1.29, 1.82) is 0 Å². The van der Waals surface area contributed by atoms with Crippen LogP contribution in [0.2, 0.25) is 5.02 Å². The van der Waals surface area contributed by atoms with Gasteiger partial charge in [-0.05, 0) is 88.6 Å². The molecule has 0 aromatic heterocycles. The van der Waals surface area contributed by atoms with Crippen LogP contribution in [0.4, 0.5) is 0 Å². The van der Waals surface area contributed by atoms with Crippen molar-refractivity contribution < 1.29 is 14.3 Å². The van der Waals surface area contributed by atoms with E-state index < -0.39 is 0 Å². The largest absolute Gasteiger partial charge is 0.494 e. The molecule has 0 bridgehead atoms. The maximum Gasteiger partial charge on any atom is 0.271 e. The SMILES string of the molecule is CCOc1ccc(C(=O)N/N=C\c2ccc(OCc3ccc(Cl)cc3)c(Br)c2)cc1. The molecular formula is C23H20BrClN2O3. The molecule has 154 valence electrons. The Kier molecular flexibility index (Phi) is 7.88. The Morgan fingerprint density at radius 2 is 1.80 bits per heavy atom. The quantitative estimate of drug-likeness (QED) is 0.320. The number of nitrogens with zero attached hydrogens (tertiary/aromatic N) is 1. The van der Waals surface area contributed by atoms with E-state index in [0.717, 1.165) is 21.3 Å². The number of hydrogen-bond acceptors (Lipinski definition) is 4. The summed E-state index contributed by atoms with van der Waals surface area (Å²) in [7, 11) is 0. The predicted octanol–water partition coefficient (Wildman–Crippen LogP) is 5.84. The van der Waals surface area contributed by atoms with Crippen molar-refractivity contribution in [3.63, 3.8) is 0 Å². The first kappa shape index (κ1) is 21.9. The Hall–Kier alpha value is -2.83. The van der Waals surface area contributed by atoms with Crippen molar-refractivity contribution in [2.75, 3.05) is 6.61 Å². The smallest absolute Gasteiger partial charge is 0.271 e. The summed E-state index contributed by atoms with van der Waals surface area (Å²) in [5.41, 5.74) is 4.85. The van der Waals surface area contributed by atoms with Crippen LogP contribution >= 0.6 is 27.5 Å². The molecule has 0 radical (unpaired) electrons. The van der Waals surface area contributed by atoms with Gasteiger partial charge in [0.1, 0.15) is 18.1 Å². The number of carbonyl (C=O) groups is 1.